The third kappa shape index (κ3) is 5.89. The highest BCUT2D eigenvalue weighted by molar-refractivity contribution is 14.0. The summed E-state index contributed by atoms with van der Waals surface area (Å²) in [5.41, 5.74) is 6.54. The van der Waals surface area contributed by atoms with Crippen molar-refractivity contribution in [3.05, 3.63) is 24.3 Å². The number of amides is 1. The number of hydrogen-bond acceptors (Lipinski definition) is 3. The second-order valence-corrected chi connectivity index (χ2v) is 6.30. The topological polar surface area (TPSA) is 80.0 Å². The largest absolute Gasteiger partial charge is 0.482 e. The van der Waals surface area contributed by atoms with Gasteiger partial charge in [-0.2, -0.15) is 0 Å². The van der Waals surface area contributed by atoms with Gasteiger partial charge in [0.1, 0.15) is 5.75 Å². The van der Waals surface area contributed by atoms with Crippen LogP contribution >= 0.6 is 24.0 Å². The minimum Gasteiger partial charge on any atom is -0.482 e. The molecule has 0 spiro atoms. The van der Waals surface area contributed by atoms with Crippen LogP contribution in [0.25, 0.3) is 0 Å². The molecule has 0 saturated heterocycles. The van der Waals surface area contributed by atoms with E-state index in [4.69, 9.17) is 10.5 Å². The number of ether oxygens (including phenoxy) is 1. The van der Waals surface area contributed by atoms with Crippen molar-refractivity contribution in [3.8, 4) is 5.75 Å². The first-order valence-electron chi connectivity index (χ1n) is 7.47. The lowest BCUT2D eigenvalue weighted by Gasteiger charge is -2.29. The van der Waals surface area contributed by atoms with Crippen molar-refractivity contribution in [2.75, 3.05) is 24.6 Å². The third-order valence-corrected chi connectivity index (χ3v) is 3.13. The average Bonchev–Trinajstić information content (AvgIpc) is 2.43. The molecule has 0 aromatic heterocycles. The lowest BCUT2D eigenvalue weighted by molar-refractivity contribution is -0.121. The van der Waals surface area contributed by atoms with Crippen LogP contribution in [0.3, 0.4) is 0 Å². The number of nitrogens with zero attached hydrogens (tertiary/aromatic N) is 2. The van der Waals surface area contributed by atoms with Crippen LogP contribution in [-0.4, -0.2) is 37.1 Å². The second-order valence-electron chi connectivity index (χ2n) is 6.30. The number of carbonyl (C=O) groups excluding carboxylic acids is 1. The predicted molar refractivity (Wildman–Crippen MR) is 104 cm³/mol. The van der Waals surface area contributed by atoms with E-state index in [1.165, 1.54) is 0 Å². The van der Waals surface area contributed by atoms with Gasteiger partial charge >= 0.3 is 0 Å². The first kappa shape index (κ1) is 19.5. The molecule has 0 atom stereocenters. The van der Waals surface area contributed by atoms with Crippen LogP contribution in [0.5, 0.6) is 5.75 Å². The van der Waals surface area contributed by atoms with E-state index in [9.17, 15) is 4.79 Å². The highest BCUT2D eigenvalue weighted by Crippen LogP contribution is 2.31. The van der Waals surface area contributed by atoms with Crippen LogP contribution in [0.4, 0.5) is 5.69 Å². The molecule has 128 valence electrons. The van der Waals surface area contributed by atoms with Crippen LogP contribution < -0.4 is 20.7 Å². The molecular weight excluding hydrogens is 407 g/mol. The lowest BCUT2D eigenvalue weighted by atomic mass is 10.1. The minimum atomic E-state index is -0.104. The number of nitrogens with one attached hydrogen (secondary N) is 1. The number of anilines is 1. The average molecular weight is 432 g/mol. The Balaban J connectivity index is 0.00000264. The van der Waals surface area contributed by atoms with E-state index in [0.717, 1.165) is 17.9 Å². The van der Waals surface area contributed by atoms with Crippen molar-refractivity contribution >= 4 is 41.5 Å². The molecule has 6 nitrogen and oxygen atoms in total. The van der Waals surface area contributed by atoms with E-state index in [2.05, 4.69) is 10.3 Å². The van der Waals surface area contributed by atoms with Crippen molar-refractivity contribution in [3.63, 3.8) is 0 Å². The van der Waals surface area contributed by atoms with Gasteiger partial charge in [0.25, 0.3) is 5.91 Å². The molecular formula is C16H25IN4O2. The van der Waals surface area contributed by atoms with E-state index in [-0.39, 0.29) is 42.0 Å². The summed E-state index contributed by atoms with van der Waals surface area (Å²) < 4.78 is 5.42. The van der Waals surface area contributed by atoms with Crippen LogP contribution in [0.15, 0.2) is 29.3 Å². The zero-order chi connectivity index (χ0) is 16.2. The molecule has 0 saturated carbocycles. The fraction of sp³-hybridized carbons (Fsp3) is 0.500. The Hall–Kier alpha value is -1.51. The monoisotopic (exact) mass is 432 g/mol. The van der Waals surface area contributed by atoms with Gasteiger partial charge in [-0.05, 0) is 39.3 Å². The van der Waals surface area contributed by atoms with Gasteiger partial charge < -0.3 is 20.7 Å². The Morgan fingerprint density at radius 2 is 2.09 bits per heavy atom. The zero-order valence-electron chi connectivity index (χ0n) is 13.8. The maximum absolute atomic E-state index is 12.0. The molecule has 1 amide bonds. The molecule has 1 aliphatic rings. The number of guanidine groups is 1. The summed E-state index contributed by atoms with van der Waals surface area (Å²) in [6, 6.07) is 7.57. The molecule has 1 aromatic rings. The van der Waals surface area contributed by atoms with Gasteiger partial charge in [-0.3, -0.25) is 9.79 Å². The molecule has 3 N–H and O–H groups in total. The second kappa shape index (κ2) is 8.37. The molecule has 1 aromatic carbocycles. The number of aliphatic imine (C=N–C) groups is 1. The zero-order valence-corrected chi connectivity index (χ0v) is 16.2. The number of carbonyl (C=O) groups is 1. The molecule has 0 radical (unpaired) electrons. The molecule has 0 bridgehead atoms. The number of halogens is 1. The normalized spacial score (nSPS) is 14.7. The quantitative estimate of drug-likeness (QED) is 0.331. The number of hydrogen-bond donors (Lipinski definition) is 2. The van der Waals surface area contributed by atoms with Crippen molar-refractivity contribution in [2.24, 2.45) is 10.7 Å². The Kier molecular flexibility index (Phi) is 7.11. The highest BCUT2D eigenvalue weighted by Gasteiger charge is 2.24. The number of rotatable bonds is 4. The smallest absolute Gasteiger partial charge is 0.265 e. The van der Waals surface area contributed by atoms with Crippen molar-refractivity contribution < 1.29 is 9.53 Å². The molecule has 1 aliphatic heterocycles. The summed E-state index contributed by atoms with van der Waals surface area (Å²) in [5.74, 6) is 1.16. The van der Waals surface area contributed by atoms with Crippen molar-refractivity contribution in [1.82, 2.24) is 5.32 Å². The number of benzene rings is 1. The number of para-hydroxylation sites is 2. The van der Waals surface area contributed by atoms with Gasteiger partial charge in [-0.15, -0.1) is 24.0 Å². The van der Waals surface area contributed by atoms with Crippen molar-refractivity contribution in [2.45, 2.75) is 32.7 Å². The molecule has 1 heterocycles. The Morgan fingerprint density at radius 3 is 2.78 bits per heavy atom. The molecule has 2 rings (SSSR count). The van der Waals surface area contributed by atoms with E-state index < -0.39 is 0 Å². The van der Waals surface area contributed by atoms with Gasteiger partial charge in [0, 0.05) is 18.6 Å². The number of nitrogens with two attached hydrogens (primary N) is 1. The van der Waals surface area contributed by atoms with Crippen LogP contribution in [0, 0.1) is 0 Å². The summed E-state index contributed by atoms with van der Waals surface area (Å²) in [6.07, 6.45) is 0.743. The lowest BCUT2D eigenvalue weighted by Crippen LogP contribution is -2.45. The third-order valence-electron chi connectivity index (χ3n) is 3.13. The van der Waals surface area contributed by atoms with E-state index >= 15 is 0 Å². The fourth-order valence-electron chi connectivity index (χ4n) is 2.25. The van der Waals surface area contributed by atoms with E-state index in [1.807, 2.05) is 45.0 Å². The molecule has 23 heavy (non-hydrogen) atoms. The predicted octanol–water partition coefficient (Wildman–Crippen LogP) is 2.12. The Labute approximate surface area is 154 Å². The van der Waals surface area contributed by atoms with Gasteiger partial charge in [0.2, 0.25) is 0 Å². The maximum atomic E-state index is 12.0. The van der Waals surface area contributed by atoms with Gasteiger partial charge in [0.05, 0.1) is 5.69 Å². The van der Waals surface area contributed by atoms with Crippen LogP contribution in [0.1, 0.15) is 27.2 Å². The van der Waals surface area contributed by atoms with Gasteiger partial charge in [-0.25, -0.2) is 0 Å². The van der Waals surface area contributed by atoms with Crippen LogP contribution in [-0.2, 0) is 4.79 Å². The summed E-state index contributed by atoms with van der Waals surface area (Å²) in [4.78, 5) is 18.0. The molecule has 7 heteroatoms. The van der Waals surface area contributed by atoms with E-state index in [0.29, 0.717) is 19.0 Å². The molecule has 0 aliphatic carbocycles. The Bertz CT molecular complexity index is 569. The summed E-state index contributed by atoms with van der Waals surface area (Å²) >= 11 is 0. The fourth-order valence-corrected chi connectivity index (χ4v) is 2.25. The first-order valence-corrected chi connectivity index (χ1v) is 7.47. The minimum absolute atomic E-state index is 0. The van der Waals surface area contributed by atoms with Gasteiger partial charge in [0.15, 0.2) is 12.6 Å². The maximum Gasteiger partial charge on any atom is 0.265 e. The van der Waals surface area contributed by atoms with E-state index in [1.54, 1.807) is 4.90 Å². The molecule has 0 unspecified atom stereocenters. The first-order chi connectivity index (χ1) is 10.4. The summed E-state index contributed by atoms with van der Waals surface area (Å²) in [5, 5.41) is 3.11. The molecule has 0 fully saturated rings. The van der Waals surface area contributed by atoms with Crippen LogP contribution in [0.2, 0.25) is 0 Å². The number of fused-ring (bicyclic) bond motifs is 1. The SMILES string of the molecule is CC(C)(C)NC(N)=NCCCN1C(=O)COc2ccccc21.I. The Morgan fingerprint density at radius 1 is 1.39 bits per heavy atom. The highest BCUT2D eigenvalue weighted by atomic mass is 127. The summed E-state index contributed by atoms with van der Waals surface area (Å²) in [7, 11) is 0. The van der Waals surface area contributed by atoms with Gasteiger partial charge in [-0.1, -0.05) is 12.1 Å². The summed E-state index contributed by atoms with van der Waals surface area (Å²) in [6.45, 7) is 7.34. The standard InChI is InChI=1S/C16H24N4O2.HI/c1-16(2,3)19-15(17)18-9-6-10-20-12-7-4-5-8-13(12)22-11-14(20)21;/h4-5,7-8H,6,9-11H2,1-3H3,(H3,17,18,19);1H. The van der Waals surface area contributed by atoms with Crippen molar-refractivity contribution in [1.29, 1.82) is 0 Å².